The molecule has 2 aliphatic carbocycles. The number of nitrogens with zero attached hydrogens (tertiary/aromatic N) is 1. The summed E-state index contributed by atoms with van der Waals surface area (Å²) in [6.07, 6.45) is 9.69. The average Bonchev–Trinajstić information content (AvgIpc) is 3.17. The summed E-state index contributed by atoms with van der Waals surface area (Å²) in [7, 11) is 0. The molecule has 1 heterocycles. The number of hydrogen-bond donors (Lipinski definition) is 2. The zero-order valence-electron chi connectivity index (χ0n) is 15.6. The van der Waals surface area contributed by atoms with Gasteiger partial charge in [0.25, 0.3) is 0 Å². The van der Waals surface area contributed by atoms with Crippen molar-refractivity contribution in [2.75, 3.05) is 13.1 Å². The monoisotopic (exact) mass is 364 g/mol. The van der Waals surface area contributed by atoms with Crippen LogP contribution in [0.15, 0.2) is 0 Å². The van der Waals surface area contributed by atoms with Gasteiger partial charge in [-0.05, 0) is 57.3 Å². The van der Waals surface area contributed by atoms with Gasteiger partial charge in [-0.15, -0.1) is 0 Å². The predicted octanol–water partition coefficient (Wildman–Crippen LogP) is 2.56. The number of carboxylic acid groups (broad SMARTS) is 1. The van der Waals surface area contributed by atoms with Crippen molar-refractivity contribution in [2.24, 2.45) is 17.8 Å². The summed E-state index contributed by atoms with van der Waals surface area (Å²) in [6.45, 7) is 1.38. The SMILES string of the molecule is O=C(O)CC1CCN(C(=O)C2CCC(NC(=O)C3CCCC3)CC2)CC1. The van der Waals surface area contributed by atoms with Crippen LogP contribution in [0.3, 0.4) is 0 Å². The average molecular weight is 364 g/mol. The molecular weight excluding hydrogens is 332 g/mol. The van der Waals surface area contributed by atoms with Crippen LogP contribution < -0.4 is 5.32 Å². The third kappa shape index (κ3) is 4.98. The van der Waals surface area contributed by atoms with E-state index in [9.17, 15) is 14.4 Å². The Labute approximate surface area is 155 Å². The van der Waals surface area contributed by atoms with E-state index in [1.165, 1.54) is 12.8 Å². The Balaban J connectivity index is 1.38. The molecule has 0 aromatic heterocycles. The van der Waals surface area contributed by atoms with Crippen molar-refractivity contribution < 1.29 is 19.5 Å². The lowest BCUT2D eigenvalue weighted by molar-refractivity contribution is -0.139. The van der Waals surface area contributed by atoms with Gasteiger partial charge in [0.2, 0.25) is 11.8 Å². The van der Waals surface area contributed by atoms with Crippen LogP contribution in [-0.2, 0) is 14.4 Å². The zero-order chi connectivity index (χ0) is 18.5. The van der Waals surface area contributed by atoms with E-state index in [0.29, 0.717) is 13.1 Å². The van der Waals surface area contributed by atoms with Gasteiger partial charge >= 0.3 is 5.97 Å². The summed E-state index contributed by atoms with van der Waals surface area (Å²) >= 11 is 0. The maximum Gasteiger partial charge on any atom is 0.303 e. The van der Waals surface area contributed by atoms with Crippen molar-refractivity contribution >= 4 is 17.8 Å². The molecule has 0 bridgehead atoms. The molecule has 2 N–H and O–H groups in total. The predicted molar refractivity (Wildman–Crippen MR) is 97.4 cm³/mol. The molecule has 0 aromatic carbocycles. The van der Waals surface area contributed by atoms with Gasteiger partial charge in [0.1, 0.15) is 0 Å². The van der Waals surface area contributed by atoms with Gasteiger partial charge in [-0.25, -0.2) is 0 Å². The van der Waals surface area contributed by atoms with Gasteiger partial charge in [-0.3, -0.25) is 14.4 Å². The number of piperidine rings is 1. The molecule has 0 spiro atoms. The first kappa shape index (κ1) is 19.2. The Hall–Kier alpha value is -1.59. The van der Waals surface area contributed by atoms with Crippen LogP contribution in [0.4, 0.5) is 0 Å². The number of nitrogens with one attached hydrogen (secondary N) is 1. The van der Waals surface area contributed by atoms with Crippen molar-refractivity contribution in [1.29, 1.82) is 0 Å². The molecule has 3 fully saturated rings. The lowest BCUT2D eigenvalue weighted by atomic mass is 9.84. The van der Waals surface area contributed by atoms with Crippen LogP contribution in [-0.4, -0.2) is 46.9 Å². The molecule has 0 unspecified atom stereocenters. The van der Waals surface area contributed by atoms with Gasteiger partial charge in [-0.2, -0.15) is 0 Å². The van der Waals surface area contributed by atoms with E-state index in [1.54, 1.807) is 0 Å². The molecule has 1 saturated heterocycles. The van der Waals surface area contributed by atoms with Gasteiger partial charge in [0.05, 0.1) is 0 Å². The number of rotatable bonds is 5. The summed E-state index contributed by atoms with van der Waals surface area (Å²) < 4.78 is 0. The fourth-order valence-corrected chi connectivity index (χ4v) is 4.85. The van der Waals surface area contributed by atoms with Gasteiger partial charge < -0.3 is 15.3 Å². The second kappa shape index (κ2) is 8.87. The summed E-state index contributed by atoms with van der Waals surface area (Å²) in [6, 6.07) is 0.230. The number of carbonyl (C=O) groups excluding carboxylic acids is 2. The zero-order valence-corrected chi connectivity index (χ0v) is 15.6. The fourth-order valence-electron chi connectivity index (χ4n) is 4.85. The number of carboxylic acids is 1. The number of hydrogen-bond acceptors (Lipinski definition) is 3. The van der Waals surface area contributed by atoms with E-state index in [1.807, 2.05) is 4.90 Å². The van der Waals surface area contributed by atoms with E-state index < -0.39 is 5.97 Å². The Kier molecular flexibility index (Phi) is 6.54. The molecule has 26 heavy (non-hydrogen) atoms. The molecule has 3 aliphatic rings. The highest BCUT2D eigenvalue weighted by molar-refractivity contribution is 5.80. The molecule has 3 rings (SSSR count). The van der Waals surface area contributed by atoms with Crippen molar-refractivity contribution in [1.82, 2.24) is 10.2 Å². The summed E-state index contributed by atoms with van der Waals surface area (Å²) in [5.41, 5.74) is 0. The van der Waals surface area contributed by atoms with Crippen molar-refractivity contribution in [3.8, 4) is 0 Å². The molecule has 0 atom stereocenters. The Morgan fingerprint density at radius 1 is 0.846 bits per heavy atom. The first-order valence-electron chi connectivity index (χ1n) is 10.3. The van der Waals surface area contributed by atoms with E-state index in [2.05, 4.69) is 5.32 Å². The molecule has 0 radical (unpaired) electrons. The summed E-state index contributed by atoms with van der Waals surface area (Å²) in [4.78, 5) is 37.7. The van der Waals surface area contributed by atoms with Crippen LogP contribution in [0.5, 0.6) is 0 Å². The number of amides is 2. The number of likely N-dealkylation sites (tertiary alicyclic amines) is 1. The topological polar surface area (TPSA) is 86.7 Å². The van der Waals surface area contributed by atoms with Crippen molar-refractivity contribution in [3.05, 3.63) is 0 Å². The summed E-state index contributed by atoms with van der Waals surface area (Å²) in [5.74, 6) is 0.204. The van der Waals surface area contributed by atoms with Crippen LogP contribution in [0, 0.1) is 17.8 Å². The molecule has 6 nitrogen and oxygen atoms in total. The van der Waals surface area contributed by atoms with E-state index in [4.69, 9.17) is 5.11 Å². The molecule has 2 saturated carbocycles. The highest BCUT2D eigenvalue weighted by atomic mass is 16.4. The number of aliphatic carboxylic acids is 1. The Bertz CT molecular complexity index is 514. The minimum atomic E-state index is -0.743. The highest BCUT2D eigenvalue weighted by Crippen LogP contribution is 2.30. The van der Waals surface area contributed by atoms with Gasteiger partial charge in [-0.1, -0.05) is 12.8 Å². The second-order valence-corrected chi connectivity index (χ2v) is 8.41. The molecular formula is C20H32N2O4. The molecule has 2 amide bonds. The fraction of sp³-hybridized carbons (Fsp3) is 0.850. The Morgan fingerprint density at radius 2 is 1.46 bits per heavy atom. The van der Waals surface area contributed by atoms with E-state index in [0.717, 1.165) is 51.4 Å². The third-order valence-corrected chi connectivity index (χ3v) is 6.54. The van der Waals surface area contributed by atoms with E-state index >= 15 is 0 Å². The first-order chi connectivity index (χ1) is 12.5. The smallest absolute Gasteiger partial charge is 0.303 e. The van der Waals surface area contributed by atoms with Gasteiger partial charge in [0, 0.05) is 37.4 Å². The van der Waals surface area contributed by atoms with Crippen LogP contribution in [0.1, 0.15) is 70.6 Å². The van der Waals surface area contributed by atoms with Crippen LogP contribution in [0.2, 0.25) is 0 Å². The lowest BCUT2D eigenvalue weighted by Crippen LogP contribution is -2.45. The lowest BCUT2D eigenvalue weighted by Gasteiger charge is -2.36. The third-order valence-electron chi connectivity index (χ3n) is 6.54. The Morgan fingerprint density at radius 3 is 2.04 bits per heavy atom. The summed E-state index contributed by atoms with van der Waals surface area (Å²) in [5, 5.41) is 12.1. The van der Waals surface area contributed by atoms with Crippen molar-refractivity contribution in [2.45, 2.75) is 76.7 Å². The quantitative estimate of drug-likeness (QED) is 0.785. The normalized spacial score (nSPS) is 28.1. The largest absolute Gasteiger partial charge is 0.481 e. The standard InChI is InChI=1S/C20H32N2O4/c23-18(24)13-14-9-11-22(12-10-14)20(26)16-5-7-17(8-6-16)21-19(25)15-3-1-2-4-15/h14-17H,1-13H2,(H,21,25)(H,23,24). The minimum absolute atomic E-state index is 0.0747. The highest BCUT2D eigenvalue weighted by Gasteiger charge is 2.33. The molecule has 0 aromatic rings. The maximum atomic E-state index is 12.7. The maximum absolute atomic E-state index is 12.7. The number of carbonyl (C=O) groups is 3. The van der Waals surface area contributed by atoms with Crippen molar-refractivity contribution in [3.63, 3.8) is 0 Å². The van der Waals surface area contributed by atoms with E-state index in [-0.39, 0.29) is 42.0 Å². The first-order valence-corrected chi connectivity index (χ1v) is 10.3. The minimum Gasteiger partial charge on any atom is -0.481 e. The molecule has 1 aliphatic heterocycles. The second-order valence-electron chi connectivity index (χ2n) is 8.41. The van der Waals surface area contributed by atoms with Crippen LogP contribution >= 0.6 is 0 Å². The van der Waals surface area contributed by atoms with Crippen LogP contribution in [0.25, 0.3) is 0 Å². The molecule has 146 valence electrons. The molecule has 6 heteroatoms. The van der Waals surface area contributed by atoms with Gasteiger partial charge in [0.15, 0.2) is 0 Å².